The number of carbonyl (C=O) groups excluding carboxylic acids is 1. The van der Waals surface area contributed by atoms with Crippen molar-refractivity contribution in [1.29, 1.82) is 0 Å². The minimum Gasteiger partial charge on any atom is -0.274 e. The first kappa shape index (κ1) is 20.3. The highest BCUT2D eigenvalue weighted by Gasteiger charge is 2.31. The van der Waals surface area contributed by atoms with E-state index >= 15 is 0 Å². The first-order chi connectivity index (χ1) is 13.2. The van der Waals surface area contributed by atoms with Crippen LogP contribution >= 0.6 is 23.1 Å². The molecule has 0 saturated carbocycles. The zero-order chi connectivity index (χ0) is 20.3. The summed E-state index contributed by atoms with van der Waals surface area (Å²) in [4.78, 5) is 18.5. The number of hydrogen-bond donors (Lipinski definition) is 0. The van der Waals surface area contributed by atoms with Crippen LogP contribution in [-0.2, 0) is 16.7 Å². The van der Waals surface area contributed by atoms with E-state index < -0.39 is 17.6 Å². The van der Waals surface area contributed by atoms with E-state index in [-0.39, 0.29) is 11.5 Å². The summed E-state index contributed by atoms with van der Waals surface area (Å²) in [6, 6.07) is 10.6. The van der Waals surface area contributed by atoms with Crippen LogP contribution in [0.1, 0.15) is 18.2 Å². The number of halogens is 4. The van der Waals surface area contributed by atoms with Gasteiger partial charge < -0.3 is 0 Å². The summed E-state index contributed by atoms with van der Waals surface area (Å²) in [6.45, 7) is 1.27. The molecule has 3 aromatic rings. The molecular formula is C19H14F4N2OS2. The normalized spacial score (nSPS) is 11.5. The maximum Gasteiger partial charge on any atom is 0.416 e. The molecule has 146 valence electrons. The van der Waals surface area contributed by atoms with Crippen LogP contribution in [-0.4, -0.2) is 10.9 Å². The molecule has 0 atom stereocenters. The van der Waals surface area contributed by atoms with E-state index in [9.17, 15) is 22.4 Å². The quantitative estimate of drug-likeness (QED) is 0.356. The number of anilines is 2. The van der Waals surface area contributed by atoms with Gasteiger partial charge in [-0.05, 0) is 42.5 Å². The summed E-state index contributed by atoms with van der Waals surface area (Å²) in [7, 11) is 0. The van der Waals surface area contributed by atoms with Crippen LogP contribution in [0, 0.1) is 5.82 Å². The van der Waals surface area contributed by atoms with Crippen molar-refractivity contribution >= 4 is 39.8 Å². The maximum atomic E-state index is 13.0. The molecule has 1 heterocycles. The Hall–Kier alpha value is -2.39. The van der Waals surface area contributed by atoms with Crippen molar-refractivity contribution in [2.45, 2.75) is 23.7 Å². The molecule has 0 aliphatic carbocycles. The monoisotopic (exact) mass is 426 g/mol. The predicted octanol–water partition coefficient (Wildman–Crippen LogP) is 6.28. The van der Waals surface area contributed by atoms with Crippen molar-refractivity contribution in [3.05, 3.63) is 71.0 Å². The van der Waals surface area contributed by atoms with E-state index in [1.165, 1.54) is 54.3 Å². The molecule has 0 spiro atoms. The second-order valence-electron chi connectivity index (χ2n) is 5.77. The number of hydrogen-bond acceptors (Lipinski definition) is 4. The number of aromatic nitrogens is 1. The second kappa shape index (κ2) is 8.32. The van der Waals surface area contributed by atoms with E-state index in [1.54, 1.807) is 17.5 Å². The number of amides is 1. The topological polar surface area (TPSA) is 33.2 Å². The molecule has 0 radical (unpaired) electrons. The standard InChI is InChI=1S/C19H14F4N2OS2/c1-12(26)25(16-4-2-3-13(9-16)19(21,22)23)18-24-15(11-28-18)10-27-17-7-5-14(20)6-8-17/h2-9,11H,10H2,1H3. The van der Waals surface area contributed by atoms with Crippen LogP contribution in [0.2, 0.25) is 0 Å². The number of thiazole rings is 1. The Morgan fingerprint density at radius 3 is 2.54 bits per heavy atom. The van der Waals surface area contributed by atoms with Gasteiger partial charge in [-0.15, -0.1) is 23.1 Å². The molecule has 1 aromatic heterocycles. The van der Waals surface area contributed by atoms with Gasteiger partial charge in [0.1, 0.15) is 5.82 Å². The van der Waals surface area contributed by atoms with Gasteiger partial charge in [-0.25, -0.2) is 9.37 Å². The van der Waals surface area contributed by atoms with Crippen molar-refractivity contribution in [3.63, 3.8) is 0 Å². The van der Waals surface area contributed by atoms with Gasteiger partial charge in [0.05, 0.1) is 16.9 Å². The molecule has 0 aliphatic rings. The molecule has 0 aliphatic heterocycles. The number of alkyl halides is 3. The fourth-order valence-corrected chi connectivity index (χ4v) is 4.18. The average Bonchev–Trinajstić information content (AvgIpc) is 3.09. The van der Waals surface area contributed by atoms with E-state index in [2.05, 4.69) is 4.98 Å². The summed E-state index contributed by atoms with van der Waals surface area (Å²) in [5.74, 6) is -0.277. The van der Waals surface area contributed by atoms with Crippen molar-refractivity contribution < 1.29 is 22.4 Å². The zero-order valence-corrected chi connectivity index (χ0v) is 16.2. The highest BCUT2D eigenvalue weighted by atomic mass is 32.2. The highest BCUT2D eigenvalue weighted by molar-refractivity contribution is 7.98. The summed E-state index contributed by atoms with van der Waals surface area (Å²) in [5.41, 5.74) is -0.0538. The summed E-state index contributed by atoms with van der Waals surface area (Å²) in [6.07, 6.45) is -4.50. The lowest BCUT2D eigenvalue weighted by molar-refractivity contribution is -0.137. The summed E-state index contributed by atoms with van der Waals surface area (Å²) in [5, 5.41) is 2.04. The molecule has 1 amide bonds. The van der Waals surface area contributed by atoms with Crippen molar-refractivity contribution in [3.8, 4) is 0 Å². The molecule has 0 saturated heterocycles. The molecule has 0 unspecified atom stereocenters. The third-order valence-corrected chi connectivity index (χ3v) is 5.60. The van der Waals surface area contributed by atoms with E-state index in [4.69, 9.17) is 0 Å². The molecule has 0 N–H and O–H groups in total. The van der Waals surface area contributed by atoms with Crippen LogP contribution in [0.5, 0.6) is 0 Å². The van der Waals surface area contributed by atoms with Crippen molar-refractivity contribution in [1.82, 2.24) is 4.98 Å². The molecule has 0 fully saturated rings. The van der Waals surface area contributed by atoms with Gasteiger partial charge in [0.15, 0.2) is 5.13 Å². The first-order valence-corrected chi connectivity index (χ1v) is 9.91. The first-order valence-electron chi connectivity index (χ1n) is 8.05. The van der Waals surface area contributed by atoms with E-state index in [0.29, 0.717) is 16.6 Å². The minimum atomic E-state index is -4.50. The maximum absolute atomic E-state index is 13.0. The van der Waals surface area contributed by atoms with Gasteiger partial charge >= 0.3 is 6.18 Å². The Kier molecular flexibility index (Phi) is 6.04. The number of rotatable bonds is 5. The van der Waals surface area contributed by atoms with Crippen molar-refractivity contribution in [2.75, 3.05) is 4.90 Å². The van der Waals surface area contributed by atoms with Crippen LogP contribution in [0.25, 0.3) is 0 Å². The van der Waals surface area contributed by atoms with E-state index in [0.717, 1.165) is 21.9 Å². The second-order valence-corrected chi connectivity index (χ2v) is 7.65. The number of benzene rings is 2. The Bertz CT molecular complexity index is 971. The van der Waals surface area contributed by atoms with Crippen LogP contribution in [0.3, 0.4) is 0 Å². The number of nitrogens with zero attached hydrogens (tertiary/aromatic N) is 2. The number of thioether (sulfide) groups is 1. The zero-order valence-electron chi connectivity index (χ0n) is 14.5. The predicted molar refractivity (Wildman–Crippen MR) is 102 cm³/mol. The third kappa shape index (κ3) is 4.90. The van der Waals surface area contributed by atoms with Crippen molar-refractivity contribution in [2.24, 2.45) is 0 Å². The van der Waals surface area contributed by atoms with Gasteiger partial charge in [-0.2, -0.15) is 13.2 Å². The van der Waals surface area contributed by atoms with Crippen LogP contribution < -0.4 is 4.90 Å². The van der Waals surface area contributed by atoms with Gasteiger partial charge in [-0.1, -0.05) is 6.07 Å². The molecule has 3 rings (SSSR count). The smallest absolute Gasteiger partial charge is 0.274 e. The lowest BCUT2D eigenvalue weighted by Crippen LogP contribution is -2.23. The Morgan fingerprint density at radius 1 is 1.18 bits per heavy atom. The lowest BCUT2D eigenvalue weighted by atomic mass is 10.2. The molecular weight excluding hydrogens is 412 g/mol. The third-order valence-electron chi connectivity index (χ3n) is 3.68. The average molecular weight is 426 g/mol. The Balaban J connectivity index is 1.80. The summed E-state index contributed by atoms with van der Waals surface area (Å²) >= 11 is 2.61. The molecule has 2 aromatic carbocycles. The molecule has 3 nitrogen and oxygen atoms in total. The van der Waals surface area contributed by atoms with Gasteiger partial charge in [0, 0.05) is 23.0 Å². The minimum absolute atomic E-state index is 0.106. The van der Waals surface area contributed by atoms with Crippen LogP contribution in [0.4, 0.5) is 28.4 Å². The van der Waals surface area contributed by atoms with Gasteiger partial charge in [0.25, 0.3) is 0 Å². The SMILES string of the molecule is CC(=O)N(c1cccc(C(F)(F)F)c1)c1nc(CSc2ccc(F)cc2)cs1. The molecule has 0 bridgehead atoms. The van der Waals surface area contributed by atoms with E-state index in [1.807, 2.05) is 0 Å². The van der Waals surface area contributed by atoms with Crippen LogP contribution in [0.15, 0.2) is 58.8 Å². The summed E-state index contributed by atoms with van der Waals surface area (Å²) < 4.78 is 51.9. The fraction of sp³-hybridized carbons (Fsp3) is 0.158. The lowest BCUT2D eigenvalue weighted by Gasteiger charge is -2.19. The number of carbonyl (C=O) groups is 1. The fourth-order valence-electron chi connectivity index (χ4n) is 2.40. The largest absolute Gasteiger partial charge is 0.416 e. The Labute approximate surface area is 167 Å². The molecule has 28 heavy (non-hydrogen) atoms. The van der Waals surface area contributed by atoms with Gasteiger partial charge in [-0.3, -0.25) is 9.69 Å². The van der Waals surface area contributed by atoms with Gasteiger partial charge in [0.2, 0.25) is 5.91 Å². The highest BCUT2D eigenvalue weighted by Crippen LogP contribution is 2.35. The Morgan fingerprint density at radius 2 is 1.89 bits per heavy atom. The molecule has 9 heteroatoms.